The van der Waals surface area contributed by atoms with E-state index in [0.717, 1.165) is 6.07 Å². The molecule has 1 aromatic rings. The molecule has 0 aromatic heterocycles. The third kappa shape index (κ3) is 4.79. The topological polar surface area (TPSA) is 89.9 Å². The summed E-state index contributed by atoms with van der Waals surface area (Å²) in [5.41, 5.74) is -3.73. The van der Waals surface area contributed by atoms with Crippen molar-refractivity contribution in [3.8, 4) is 0 Å². The van der Waals surface area contributed by atoms with Crippen LogP contribution in [0, 0.1) is 0 Å². The lowest BCUT2D eigenvalue weighted by Crippen LogP contribution is -2.52. The molecule has 0 radical (unpaired) electrons. The molecular weight excluding hydrogens is 435 g/mol. The summed E-state index contributed by atoms with van der Waals surface area (Å²) in [6.07, 6.45) is -5.20. The summed E-state index contributed by atoms with van der Waals surface area (Å²) in [5.74, 6) is -1.92. The van der Waals surface area contributed by atoms with E-state index >= 15 is 0 Å². The smallest absolute Gasteiger partial charge is 0.373 e. The summed E-state index contributed by atoms with van der Waals surface area (Å²) in [7, 11) is -1.79. The summed E-state index contributed by atoms with van der Waals surface area (Å²) >= 11 is 6.36. The number of benzene rings is 1. The molecule has 12 heteroatoms. The molecule has 1 saturated heterocycles. The van der Waals surface area contributed by atoms with Crippen LogP contribution < -0.4 is 10.2 Å². The standard InChI is InChI=1S/C17H23ClF3N3O4S/c1-4-29(27,28)12-6-5-11(22-15(25)16(2,26)17(19,20)21)13(18)14(12)24-9-7-23(3)8-10-24/h5-6,26H,4,7-10H2,1-3H3,(H,22,25). The Balaban J connectivity index is 2.52. The van der Waals surface area contributed by atoms with Crippen LogP contribution in [0.3, 0.4) is 0 Å². The van der Waals surface area contributed by atoms with Gasteiger partial charge in [0.1, 0.15) is 0 Å². The van der Waals surface area contributed by atoms with Gasteiger partial charge in [0, 0.05) is 26.2 Å². The first-order valence-corrected chi connectivity index (χ1v) is 10.8. The van der Waals surface area contributed by atoms with Crippen molar-refractivity contribution < 1.29 is 31.5 Å². The number of anilines is 2. The van der Waals surface area contributed by atoms with E-state index in [1.807, 2.05) is 17.3 Å². The van der Waals surface area contributed by atoms with Gasteiger partial charge in [0.15, 0.2) is 9.84 Å². The summed E-state index contributed by atoms with van der Waals surface area (Å²) in [6, 6.07) is 2.32. The van der Waals surface area contributed by atoms with Gasteiger partial charge >= 0.3 is 6.18 Å². The van der Waals surface area contributed by atoms with E-state index in [2.05, 4.69) is 0 Å². The third-order valence-electron chi connectivity index (χ3n) is 4.86. The van der Waals surface area contributed by atoms with Crippen molar-refractivity contribution in [2.24, 2.45) is 0 Å². The lowest BCUT2D eigenvalue weighted by Gasteiger charge is -2.36. The lowest BCUT2D eigenvalue weighted by atomic mass is 10.1. The van der Waals surface area contributed by atoms with Crippen molar-refractivity contribution in [2.75, 3.05) is 49.2 Å². The fraction of sp³-hybridized carbons (Fsp3) is 0.588. The van der Waals surface area contributed by atoms with Gasteiger partial charge in [-0.05, 0) is 26.1 Å². The number of nitrogens with zero attached hydrogens (tertiary/aromatic N) is 2. The summed E-state index contributed by atoms with van der Waals surface area (Å²) < 4.78 is 63.8. The molecule has 7 nitrogen and oxygen atoms in total. The molecule has 1 aromatic carbocycles. The lowest BCUT2D eigenvalue weighted by molar-refractivity contribution is -0.242. The Bertz CT molecular complexity index is 883. The highest BCUT2D eigenvalue weighted by molar-refractivity contribution is 7.91. The van der Waals surface area contributed by atoms with E-state index in [0.29, 0.717) is 33.1 Å². The predicted molar refractivity (Wildman–Crippen MR) is 104 cm³/mol. The van der Waals surface area contributed by atoms with E-state index in [4.69, 9.17) is 11.6 Å². The normalized spacial score (nSPS) is 18.4. The minimum atomic E-state index is -5.20. The average Bonchev–Trinajstić information content (AvgIpc) is 2.63. The van der Waals surface area contributed by atoms with E-state index in [-0.39, 0.29) is 27.0 Å². The maximum absolute atomic E-state index is 12.9. The quantitative estimate of drug-likeness (QED) is 0.704. The first-order valence-electron chi connectivity index (χ1n) is 8.81. The molecule has 1 amide bonds. The Labute approximate surface area is 172 Å². The van der Waals surface area contributed by atoms with Crippen molar-refractivity contribution in [3.05, 3.63) is 17.2 Å². The Hall–Kier alpha value is -1.56. The fourth-order valence-electron chi connectivity index (χ4n) is 2.75. The monoisotopic (exact) mass is 457 g/mol. The van der Waals surface area contributed by atoms with Gasteiger partial charge < -0.3 is 20.2 Å². The number of hydrogen-bond acceptors (Lipinski definition) is 6. The molecule has 0 spiro atoms. The molecule has 1 fully saturated rings. The van der Waals surface area contributed by atoms with Gasteiger partial charge in [-0.2, -0.15) is 13.2 Å². The van der Waals surface area contributed by atoms with Crippen LogP contribution in [0.5, 0.6) is 0 Å². The average molecular weight is 458 g/mol. The number of nitrogens with one attached hydrogen (secondary N) is 1. The number of carbonyl (C=O) groups excluding carboxylic acids is 1. The molecule has 2 rings (SSSR count). The number of halogens is 4. The minimum absolute atomic E-state index is 0.0601. The van der Waals surface area contributed by atoms with Crippen LogP contribution in [0.1, 0.15) is 13.8 Å². The van der Waals surface area contributed by atoms with Gasteiger partial charge in [0.25, 0.3) is 5.91 Å². The SMILES string of the molecule is CCS(=O)(=O)c1ccc(NC(=O)C(C)(O)C(F)(F)F)c(Cl)c1N1CCN(C)CC1. The number of likely N-dealkylation sites (N-methyl/N-ethyl adjacent to an activating group) is 1. The van der Waals surface area contributed by atoms with Gasteiger partial charge in [0.05, 0.1) is 27.0 Å². The number of aliphatic hydroxyl groups is 1. The van der Waals surface area contributed by atoms with Crippen LogP contribution in [0.25, 0.3) is 0 Å². The van der Waals surface area contributed by atoms with Crippen LogP contribution >= 0.6 is 11.6 Å². The highest BCUT2D eigenvalue weighted by Crippen LogP contribution is 2.40. The first-order chi connectivity index (χ1) is 13.2. The maximum Gasteiger partial charge on any atom is 0.426 e. The maximum atomic E-state index is 12.9. The molecule has 1 heterocycles. The van der Waals surface area contributed by atoms with Gasteiger partial charge in [-0.1, -0.05) is 18.5 Å². The van der Waals surface area contributed by atoms with Crippen LogP contribution in [0.15, 0.2) is 17.0 Å². The second-order valence-corrected chi connectivity index (χ2v) is 9.62. The second kappa shape index (κ2) is 8.29. The molecule has 1 unspecified atom stereocenters. The zero-order chi connectivity index (χ0) is 22.2. The van der Waals surface area contributed by atoms with Crippen molar-refractivity contribution in [2.45, 2.75) is 30.5 Å². The second-order valence-electron chi connectivity index (χ2n) is 6.99. The first kappa shape index (κ1) is 23.7. The molecule has 0 bridgehead atoms. The van der Waals surface area contributed by atoms with Crippen molar-refractivity contribution >= 4 is 38.7 Å². The summed E-state index contributed by atoms with van der Waals surface area (Å²) in [4.78, 5) is 15.7. The molecule has 29 heavy (non-hydrogen) atoms. The van der Waals surface area contributed by atoms with E-state index < -0.39 is 27.5 Å². The molecule has 2 N–H and O–H groups in total. The number of alkyl halides is 3. The predicted octanol–water partition coefficient (Wildman–Crippen LogP) is 2.14. The number of sulfone groups is 1. The molecular formula is C17H23ClF3N3O4S. The van der Waals surface area contributed by atoms with Gasteiger partial charge in [0.2, 0.25) is 5.60 Å². The molecule has 1 atom stereocenters. The summed E-state index contributed by atoms with van der Waals surface area (Å²) in [5, 5.41) is 11.3. The minimum Gasteiger partial charge on any atom is -0.373 e. The van der Waals surface area contributed by atoms with E-state index in [1.54, 1.807) is 4.90 Å². The molecule has 1 aliphatic heterocycles. The molecule has 0 saturated carbocycles. The number of hydrogen-bond donors (Lipinski definition) is 2. The molecule has 1 aliphatic rings. The zero-order valence-corrected chi connectivity index (χ0v) is 17.7. The Morgan fingerprint density at radius 3 is 2.28 bits per heavy atom. The molecule has 164 valence electrons. The van der Waals surface area contributed by atoms with Crippen LogP contribution in [0.4, 0.5) is 24.5 Å². The summed E-state index contributed by atoms with van der Waals surface area (Å²) in [6.45, 7) is 3.93. The number of amides is 1. The highest BCUT2D eigenvalue weighted by atomic mass is 35.5. The number of piperazine rings is 1. The van der Waals surface area contributed by atoms with Crippen LogP contribution in [-0.4, -0.2) is 75.1 Å². The largest absolute Gasteiger partial charge is 0.426 e. The third-order valence-corrected chi connectivity index (χ3v) is 7.00. The fourth-order valence-corrected chi connectivity index (χ4v) is 4.25. The Kier molecular flexibility index (Phi) is 6.78. The van der Waals surface area contributed by atoms with E-state index in [1.165, 1.54) is 13.0 Å². The van der Waals surface area contributed by atoms with Gasteiger partial charge in [-0.25, -0.2) is 8.42 Å². The Morgan fingerprint density at radius 1 is 1.24 bits per heavy atom. The van der Waals surface area contributed by atoms with Gasteiger partial charge in [-0.15, -0.1) is 0 Å². The molecule has 0 aliphatic carbocycles. The van der Waals surface area contributed by atoms with Crippen molar-refractivity contribution in [3.63, 3.8) is 0 Å². The van der Waals surface area contributed by atoms with Crippen molar-refractivity contribution in [1.29, 1.82) is 0 Å². The zero-order valence-electron chi connectivity index (χ0n) is 16.2. The van der Waals surface area contributed by atoms with Crippen LogP contribution in [-0.2, 0) is 14.6 Å². The highest BCUT2D eigenvalue weighted by Gasteiger charge is 2.55. The number of rotatable bonds is 5. The Morgan fingerprint density at radius 2 is 1.79 bits per heavy atom. The van der Waals surface area contributed by atoms with Crippen LogP contribution in [0.2, 0.25) is 5.02 Å². The van der Waals surface area contributed by atoms with Gasteiger partial charge in [-0.3, -0.25) is 4.79 Å². The van der Waals surface area contributed by atoms with Crippen molar-refractivity contribution in [1.82, 2.24) is 4.90 Å². The number of carbonyl (C=O) groups is 1. The van der Waals surface area contributed by atoms with E-state index in [9.17, 15) is 31.5 Å².